The van der Waals surface area contributed by atoms with Crippen LogP contribution in [0, 0.1) is 13.8 Å². The van der Waals surface area contributed by atoms with Crippen LogP contribution in [0.25, 0.3) is 0 Å². The van der Waals surface area contributed by atoms with Crippen molar-refractivity contribution in [2.45, 2.75) is 20.8 Å². The summed E-state index contributed by atoms with van der Waals surface area (Å²) in [6.07, 6.45) is 1.49. The van der Waals surface area contributed by atoms with Gasteiger partial charge in [0.1, 0.15) is 12.3 Å². The van der Waals surface area contributed by atoms with Gasteiger partial charge in [0.2, 0.25) is 0 Å². The third-order valence-electron chi connectivity index (χ3n) is 2.45. The lowest BCUT2D eigenvalue weighted by molar-refractivity contribution is 0.0519. The van der Waals surface area contributed by atoms with E-state index < -0.39 is 11.9 Å². The largest absolute Gasteiger partial charge is 0.461 e. The Hall–Kier alpha value is -2.04. The van der Waals surface area contributed by atoms with Crippen LogP contribution in [0.2, 0.25) is 0 Å². The molecule has 0 saturated heterocycles. The Morgan fingerprint density at radius 1 is 1.28 bits per heavy atom. The number of aryl methyl sites for hydroxylation is 1. The predicted molar refractivity (Wildman–Crippen MR) is 66.7 cm³/mol. The molecule has 0 atom stereocenters. The summed E-state index contributed by atoms with van der Waals surface area (Å²) >= 11 is 0. The fraction of sp³-hybridized carbons (Fsp3) is 0.385. The Morgan fingerprint density at radius 3 is 2.50 bits per heavy atom. The summed E-state index contributed by atoms with van der Waals surface area (Å²) in [5, 5.41) is 0. The maximum Gasteiger partial charge on any atom is 0.355 e. The molecular formula is C13H17NO4. The maximum atomic E-state index is 11.8. The van der Waals surface area contributed by atoms with Gasteiger partial charge in [0.15, 0.2) is 0 Å². The molecule has 0 fully saturated rings. The molecule has 1 aromatic rings. The highest BCUT2D eigenvalue weighted by atomic mass is 16.5. The molecule has 0 radical (unpaired) electrons. The summed E-state index contributed by atoms with van der Waals surface area (Å²) in [5.41, 5.74) is 1.80. The van der Waals surface area contributed by atoms with E-state index in [1.807, 2.05) is 0 Å². The minimum atomic E-state index is -0.475. The molecule has 5 nitrogen and oxygen atoms in total. The van der Waals surface area contributed by atoms with Crippen molar-refractivity contribution in [3.63, 3.8) is 0 Å². The Morgan fingerprint density at radius 2 is 1.94 bits per heavy atom. The summed E-state index contributed by atoms with van der Waals surface area (Å²) < 4.78 is 9.86. The van der Waals surface area contributed by atoms with Crippen LogP contribution in [0.1, 0.15) is 39.0 Å². The van der Waals surface area contributed by atoms with Gasteiger partial charge in [-0.3, -0.25) is 0 Å². The monoisotopic (exact) mass is 251 g/mol. The standard InChI is InChI=1S/C13H17NO4/c1-5-7-18-12(15)10-8(3)11(14-9(10)4)13(16)17-6-2/h5,14H,1,6-7H2,2-4H3. The first-order chi connectivity index (χ1) is 8.52. The van der Waals surface area contributed by atoms with Crippen molar-refractivity contribution in [3.05, 3.63) is 35.2 Å². The smallest absolute Gasteiger partial charge is 0.355 e. The second kappa shape index (κ2) is 6.05. The average molecular weight is 251 g/mol. The summed E-state index contributed by atoms with van der Waals surface area (Å²) in [7, 11) is 0. The van der Waals surface area contributed by atoms with Gasteiger partial charge in [-0.2, -0.15) is 0 Å². The van der Waals surface area contributed by atoms with Crippen LogP contribution in [0.4, 0.5) is 0 Å². The van der Waals surface area contributed by atoms with Crippen molar-refractivity contribution < 1.29 is 19.1 Å². The molecule has 0 aromatic carbocycles. The minimum absolute atomic E-state index is 0.137. The number of esters is 2. The zero-order chi connectivity index (χ0) is 13.7. The number of aromatic nitrogens is 1. The number of carbonyl (C=O) groups excluding carboxylic acids is 2. The molecule has 1 heterocycles. The van der Waals surface area contributed by atoms with E-state index in [-0.39, 0.29) is 13.2 Å². The summed E-state index contributed by atoms with van der Waals surface area (Å²) in [6.45, 7) is 9.00. The molecular weight excluding hydrogens is 234 g/mol. The Labute approximate surface area is 106 Å². The van der Waals surface area contributed by atoms with Crippen molar-refractivity contribution in [1.29, 1.82) is 0 Å². The normalized spacial score (nSPS) is 9.94. The third kappa shape index (κ3) is 2.80. The quantitative estimate of drug-likeness (QED) is 0.643. The van der Waals surface area contributed by atoms with E-state index in [4.69, 9.17) is 9.47 Å². The molecule has 0 saturated carbocycles. The molecule has 18 heavy (non-hydrogen) atoms. The van der Waals surface area contributed by atoms with Gasteiger partial charge in [-0.25, -0.2) is 9.59 Å². The molecule has 0 unspecified atom stereocenters. The SMILES string of the molecule is C=CCOC(=O)c1c(C)[nH]c(C(=O)OCC)c1C. The second-order valence-electron chi connectivity index (χ2n) is 3.73. The molecule has 0 aliphatic heterocycles. The fourth-order valence-corrected chi connectivity index (χ4v) is 1.67. The molecule has 0 aliphatic carbocycles. The van der Waals surface area contributed by atoms with Crippen molar-refractivity contribution in [2.24, 2.45) is 0 Å². The van der Waals surface area contributed by atoms with Gasteiger partial charge < -0.3 is 14.5 Å². The van der Waals surface area contributed by atoms with Crippen LogP contribution >= 0.6 is 0 Å². The van der Waals surface area contributed by atoms with Gasteiger partial charge in [0.25, 0.3) is 0 Å². The Kier molecular flexibility index (Phi) is 4.71. The molecule has 1 rings (SSSR count). The summed E-state index contributed by atoms with van der Waals surface area (Å²) in [4.78, 5) is 26.3. The number of aromatic amines is 1. The van der Waals surface area contributed by atoms with E-state index in [0.717, 1.165) is 0 Å². The molecule has 0 spiro atoms. The first-order valence-electron chi connectivity index (χ1n) is 5.67. The van der Waals surface area contributed by atoms with Crippen LogP contribution in [0.5, 0.6) is 0 Å². The number of hydrogen-bond acceptors (Lipinski definition) is 4. The van der Waals surface area contributed by atoms with Gasteiger partial charge in [-0.15, -0.1) is 0 Å². The van der Waals surface area contributed by atoms with Crippen molar-refractivity contribution in [1.82, 2.24) is 4.98 Å². The third-order valence-corrected chi connectivity index (χ3v) is 2.45. The van der Waals surface area contributed by atoms with Crippen LogP contribution in [0.15, 0.2) is 12.7 Å². The zero-order valence-electron chi connectivity index (χ0n) is 10.8. The van der Waals surface area contributed by atoms with Crippen LogP contribution in [0.3, 0.4) is 0 Å². The number of H-pyrrole nitrogens is 1. The second-order valence-corrected chi connectivity index (χ2v) is 3.73. The van der Waals surface area contributed by atoms with Crippen LogP contribution in [-0.4, -0.2) is 30.1 Å². The minimum Gasteiger partial charge on any atom is -0.461 e. The first kappa shape index (κ1) is 14.0. The highest BCUT2D eigenvalue weighted by Crippen LogP contribution is 2.19. The van der Waals surface area contributed by atoms with Crippen molar-refractivity contribution >= 4 is 11.9 Å². The number of hydrogen-bond donors (Lipinski definition) is 1. The van der Waals surface area contributed by atoms with E-state index >= 15 is 0 Å². The number of carbonyl (C=O) groups is 2. The van der Waals surface area contributed by atoms with Gasteiger partial charge >= 0.3 is 11.9 Å². The van der Waals surface area contributed by atoms with Gasteiger partial charge in [-0.1, -0.05) is 12.7 Å². The van der Waals surface area contributed by atoms with E-state index in [9.17, 15) is 9.59 Å². The summed E-state index contributed by atoms with van der Waals surface area (Å²) in [6, 6.07) is 0. The highest BCUT2D eigenvalue weighted by Gasteiger charge is 2.23. The lowest BCUT2D eigenvalue weighted by Crippen LogP contribution is -2.09. The lowest BCUT2D eigenvalue weighted by atomic mass is 10.1. The average Bonchev–Trinajstić information content (AvgIpc) is 2.62. The Balaban J connectivity index is 3.04. The lowest BCUT2D eigenvalue weighted by Gasteiger charge is -2.03. The number of nitrogens with one attached hydrogen (secondary N) is 1. The first-order valence-corrected chi connectivity index (χ1v) is 5.67. The van der Waals surface area contributed by atoms with E-state index in [1.54, 1.807) is 20.8 Å². The van der Waals surface area contributed by atoms with Gasteiger partial charge in [-0.05, 0) is 26.3 Å². The topological polar surface area (TPSA) is 68.4 Å². The van der Waals surface area contributed by atoms with E-state index in [1.165, 1.54) is 6.08 Å². The molecule has 0 amide bonds. The van der Waals surface area contributed by atoms with Crippen LogP contribution < -0.4 is 0 Å². The molecule has 98 valence electrons. The molecule has 0 bridgehead atoms. The zero-order valence-corrected chi connectivity index (χ0v) is 10.8. The van der Waals surface area contributed by atoms with Gasteiger partial charge in [0, 0.05) is 5.69 Å². The van der Waals surface area contributed by atoms with Crippen molar-refractivity contribution in [2.75, 3.05) is 13.2 Å². The van der Waals surface area contributed by atoms with Gasteiger partial charge in [0.05, 0.1) is 12.2 Å². The molecule has 1 N–H and O–H groups in total. The van der Waals surface area contributed by atoms with Crippen molar-refractivity contribution in [3.8, 4) is 0 Å². The number of rotatable bonds is 5. The van der Waals surface area contributed by atoms with Crippen LogP contribution in [-0.2, 0) is 9.47 Å². The predicted octanol–water partition coefficient (Wildman–Crippen LogP) is 2.15. The molecule has 0 aliphatic rings. The molecule has 1 aromatic heterocycles. The molecule has 5 heteroatoms. The van der Waals surface area contributed by atoms with E-state index in [0.29, 0.717) is 22.5 Å². The van der Waals surface area contributed by atoms with E-state index in [2.05, 4.69) is 11.6 Å². The highest BCUT2D eigenvalue weighted by molar-refractivity contribution is 5.98. The Bertz CT molecular complexity index is 474. The summed E-state index contributed by atoms with van der Waals surface area (Å²) in [5.74, 6) is -0.947. The number of ether oxygens (including phenoxy) is 2. The fourth-order valence-electron chi connectivity index (χ4n) is 1.67. The maximum absolute atomic E-state index is 11.8.